The van der Waals surface area contributed by atoms with Gasteiger partial charge in [0.25, 0.3) is 0 Å². The maximum atomic E-state index is 5.67. The predicted molar refractivity (Wildman–Crippen MR) is 115 cm³/mol. The number of benzene rings is 2. The molecule has 0 spiro atoms. The van der Waals surface area contributed by atoms with Gasteiger partial charge in [0.1, 0.15) is 11.5 Å². The molecule has 27 heavy (non-hydrogen) atoms. The Hall–Kier alpha value is -2.60. The largest absolute Gasteiger partial charge is 0.497 e. The van der Waals surface area contributed by atoms with Crippen molar-refractivity contribution in [3.8, 4) is 11.5 Å². The average Bonchev–Trinajstić information content (AvgIpc) is 2.71. The van der Waals surface area contributed by atoms with Crippen molar-refractivity contribution in [2.75, 3.05) is 13.7 Å². The first-order valence-electron chi connectivity index (χ1n) is 9.06. The lowest BCUT2D eigenvalue weighted by atomic mass is 10.1. The van der Waals surface area contributed by atoms with Gasteiger partial charge in [-0.05, 0) is 73.1 Å². The Labute approximate surface area is 166 Å². The molecular formula is C21H27N3O2S. The second-order valence-electron chi connectivity index (χ2n) is 6.07. The molecule has 0 aliphatic carbocycles. The zero-order chi connectivity index (χ0) is 19.5. The van der Waals surface area contributed by atoms with Crippen LogP contribution in [0.4, 0.5) is 0 Å². The van der Waals surface area contributed by atoms with E-state index in [0.717, 1.165) is 47.8 Å². The molecule has 0 amide bonds. The smallest absolute Gasteiger partial charge is 0.187 e. The van der Waals surface area contributed by atoms with Gasteiger partial charge in [0.05, 0.1) is 19.4 Å². The summed E-state index contributed by atoms with van der Waals surface area (Å²) in [5.41, 5.74) is 5.86. The molecule has 0 atom stereocenters. The number of nitrogens with one attached hydrogen (secondary N) is 2. The van der Waals surface area contributed by atoms with Crippen LogP contribution >= 0.6 is 12.2 Å². The standard InChI is InChI=1S/C21H27N3O2S/c1-4-5-14-26-20-12-8-18(9-13-20)16(2)23-24-21(27)22-15-17-6-10-19(25-3)11-7-17/h6-13H,4-5,14-15H2,1-3H3,(H2,22,24,27)/b23-16+. The summed E-state index contributed by atoms with van der Waals surface area (Å²) in [4.78, 5) is 0. The van der Waals surface area contributed by atoms with Gasteiger partial charge < -0.3 is 14.8 Å². The Morgan fingerprint density at radius 1 is 1.04 bits per heavy atom. The molecule has 0 saturated heterocycles. The third-order valence-electron chi connectivity index (χ3n) is 3.98. The molecule has 0 heterocycles. The molecule has 0 unspecified atom stereocenters. The molecule has 0 bridgehead atoms. The number of thiocarbonyl (C=S) groups is 1. The Morgan fingerprint density at radius 3 is 2.33 bits per heavy atom. The lowest BCUT2D eigenvalue weighted by Crippen LogP contribution is -2.32. The van der Waals surface area contributed by atoms with E-state index >= 15 is 0 Å². The Bertz CT molecular complexity index is 743. The summed E-state index contributed by atoms with van der Waals surface area (Å²) < 4.78 is 10.8. The fourth-order valence-corrected chi connectivity index (χ4v) is 2.41. The lowest BCUT2D eigenvalue weighted by molar-refractivity contribution is 0.309. The van der Waals surface area contributed by atoms with Crippen LogP contribution in [0.3, 0.4) is 0 Å². The molecule has 0 radical (unpaired) electrons. The highest BCUT2D eigenvalue weighted by molar-refractivity contribution is 7.80. The minimum atomic E-state index is 0.477. The van der Waals surface area contributed by atoms with Crippen LogP contribution in [-0.4, -0.2) is 24.5 Å². The molecule has 0 saturated carbocycles. The van der Waals surface area contributed by atoms with Crippen LogP contribution in [0.5, 0.6) is 11.5 Å². The molecular weight excluding hydrogens is 358 g/mol. The fraction of sp³-hybridized carbons (Fsp3) is 0.333. The zero-order valence-electron chi connectivity index (χ0n) is 16.1. The summed E-state index contributed by atoms with van der Waals surface area (Å²) in [6.07, 6.45) is 2.19. The molecule has 2 aromatic rings. The SMILES string of the molecule is CCCCOc1ccc(/C(C)=N/NC(=S)NCc2ccc(OC)cc2)cc1. The summed E-state index contributed by atoms with van der Waals surface area (Å²) >= 11 is 5.28. The summed E-state index contributed by atoms with van der Waals surface area (Å²) in [6, 6.07) is 15.7. The van der Waals surface area contributed by atoms with Crippen molar-refractivity contribution in [1.29, 1.82) is 0 Å². The van der Waals surface area contributed by atoms with Crippen molar-refractivity contribution in [2.24, 2.45) is 5.10 Å². The number of rotatable bonds is 9. The first-order chi connectivity index (χ1) is 13.1. The highest BCUT2D eigenvalue weighted by atomic mass is 32.1. The number of hydrazone groups is 1. The van der Waals surface area contributed by atoms with Crippen LogP contribution in [0.25, 0.3) is 0 Å². The van der Waals surface area contributed by atoms with Crippen LogP contribution in [-0.2, 0) is 6.54 Å². The van der Waals surface area contributed by atoms with Crippen molar-refractivity contribution >= 4 is 23.0 Å². The molecule has 144 valence electrons. The average molecular weight is 386 g/mol. The molecule has 2 N–H and O–H groups in total. The second kappa shape index (κ2) is 11.2. The van der Waals surface area contributed by atoms with Gasteiger partial charge >= 0.3 is 0 Å². The van der Waals surface area contributed by atoms with Crippen molar-refractivity contribution in [1.82, 2.24) is 10.7 Å². The van der Waals surface area contributed by atoms with Gasteiger partial charge in [-0.15, -0.1) is 0 Å². The fourth-order valence-electron chi connectivity index (χ4n) is 2.29. The van der Waals surface area contributed by atoms with E-state index in [2.05, 4.69) is 22.8 Å². The Kier molecular flexibility index (Phi) is 8.58. The first-order valence-corrected chi connectivity index (χ1v) is 9.47. The van der Waals surface area contributed by atoms with Crippen molar-refractivity contribution in [3.05, 3.63) is 59.7 Å². The van der Waals surface area contributed by atoms with Crippen LogP contribution in [0.15, 0.2) is 53.6 Å². The van der Waals surface area contributed by atoms with Gasteiger partial charge in [-0.25, -0.2) is 0 Å². The third kappa shape index (κ3) is 7.27. The number of ether oxygens (including phenoxy) is 2. The Balaban J connectivity index is 1.80. The molecule has 2 aromatic carbocycles. The van der Waals surface area contributed by atoms with E-state index < -0.39 is 0 Å². The molecule has 5 nitrogen and oxygen atoms in total. The summed E-state index contributed by atoms with van der Waals surface area (Å²) in [5, 5.41) is 7.95. The van der Waals surface area contributed by atoms with E-state index in [9.17, 15) is 0 Å². The third-order valence-corrected chi connectivity index (χ3v) is 4.21. The minimum Gasteiger partial charge on any atom is -0.497 e. The van der Waals surface area contributed by atoms with E-state index in [1.165, 1.54) is 0 Å². The summed E-state index contributed by atoms with van der Waals surface area (Å²) in [7, 11) is 1.65. The quantitative estimate of drug-likeness (QED) is 0.292. The second-order valence-corrected chi connectivity index (χ2v) is 6.47. The normalized spacial score (nSPS) is 11.0. The number of hydrogen-bond donors (Lipinski definition) is 2. The lowest BCUT2D eigenvalue weighted by Gasteiger charge is -2.09. The van der Waals surface area contributed by atoms with Crippen molar-refractivity contribution < 1.29 is 9.47 Å². The number of nitrogens with zero attached hydrogens (tertiary/aromatic N) is 1. The van der Waals surface area contributed by atoms with Gasteiger partial charge in [0.2, 0.25) is 0 Å². The number of unbranched alkanes of at least 4 members (excludes halogenated alkanes) is 1. The molecule has 0 aliphatic rings. The van der Waals surface area contributed by atoms with Gasteiger partial charge in [-0.2, -0.15) is 5.10 Å². The maximum Gasteiger partial charge on any atom is 0.187 e. The molecule has 0 aliphatic heterocycles. The Morgan fingerprint density at radius 2 is 1.70 bits per heavy atom. The predicted octanol–water partition coefficient (Wildman–Crippen LogP) is 4.26. The van der Waals surface area contributed by atoms with Crippen molar-refractivity contribution in [3.63, 3.8) is 0 Å². The zero-order valence-corrected chi connectivity index (χ0v) is 16.9. The van der Waals surface area contributed by atoms with E-state index in [1.54, 1.807) is 7.11 Å². The summed E-state index contributed by atoms with van der Waals surface area (Å²) in [6.45, 7) is 5.45. The van der Waals surface area contributed by atoms with E-state index in [1.807, 2.05) is 55.5 Å². The molecule has 2 rings (SSSR count). The van der Waals surface area contributed by atoms with Crippen LogP contribution in [0.2, 0.25) is 0 Å². The monoisotopic (exact) mass is 385 g/mol. The number of methoxy groups -OCH3 is 1. The van der Waals surface area contributed by atoms with Gasteiger partial charge in [-0.3, -0.25) is 5.43 Å². The maximum absolute atomic E-state index is 5.67. The van der Waals surface area contributed by atoms with Gasteiger partial charge in [0, 0.05) is 6.54 Å². The van der Waals surface area contributed by atoms with E-state index in [0.29, 0.717) is 11.7 Å². The molecule has 0 fully saturated rings. The molecule has 0 aromatic heterocycles. The topological polar surface area (TPSA) is 54.9 Å². The van der Waals surface area contributed by atoms with Crippen molar-refractivity contribution in [2.45, 2.75) is 33.2 Å². The van der Waals surface area contributed by atoms with Crippen LogP contribution in [0, 0.1) is 0 Å². The van der Waals surface area contributed by atoms with Gasteiger partial charge in [0.15, 0.2) is 5.11 Å². The van der Waals surface area contributed by atoms with Gasteiger partial charge in [-0.1, -0.05) is 25.5 Å². The van der Waals surface area contributed by atoms with E-state index in [-0.39, 0.29) is 0 Å². The summed E-state index contributed by atoms with van der Waals surface area (Å²) in [5.74, 6) is 1.71. The first kappa shape index (κ1) is 20.7. The van der Waals surface area contributed by atoms with Crippen LogP contribution < -0.4 is 20.2 Å². The van der Waals surface area contributed by atoms with E-state index in [4.69, 9.17) is 21.7 Å². The minimum absolute atomic E-state index is 0.477. The number of hydrogen-bond acceptors (Lipinski definition) is 4. The van der Waals surface area contributed by atoms with Crippen LogP contribution in [0.1, 0.15) is 37.8 Å². The highest BCUT2D eigenvalue weighted by Crippen LogP contribution is 2.13. The molecule has 6 heteroatoms. The highest BCUT2D eigenvalue weighted by Gasteiger charge is 2.01.